The van der Waals surface area contributed by atoms with E-state index in [0.717, 1.165) is 22.7 Å². The summed E-state index contributed by atoms with van der Waals surface area (Å²) in [6.07, 6.45) is 4.22. The van der Waals surface area contributed by atoms with Crippen molar-refractivity contribution in [3.05, 3.63) is 94.1 Å². The second kappa shape index (κ2) is 7.62. The van der Waals surface area contributed by atoms with Crippen molar-refractivity contribution in [3.63, 3.8) is 0 Å². The first kappa shape index (κ1) is 18.5. The maximum Gasteiger partial charge on any atom is 0.257 e. The van der Waals surface area contributed by atoms with Crippen LogP contribution in [0.1, 0.15) is 15.9 Å². The number of rotatable bonds is 4. The highest BCUT2D eigenvalue weighted by molar-refractivity contribution is 6.35. The van der Waals surface area contributed by atoms with Crippen LogP contribution in [0.3, 0.4) is 0 Å². The lowest BCUT2D eigenvalue weighted by Crippen LogP contribution is -2.12. The minimum Gasteiger partial charge on any atom is -0.342 e. The van der Waals surface area contributed by atoms with Crippen LogP contribution in [-0.2, 0) is 6.54 Å². The van der Waals surface area contributed by atoms with Crippen LogP contribution in [0.2, 0.25) is 10.0 Å². The van der Waals surface area contributed by atoms with Gasteiger partial charge in [0.15, 0.2) is 5.82 Å². The van der Waals surface area contributed by atoms with Crippen molar-refractivity contribution in [2.24, 2.45) is 0 Å². The number of pyridine rings is 1. The third-order valence-corrected chi connectivity index (χ3v) is 5.00. The number of carbonyl (C=O) groups excluding carboxylic acids is 1. The summed E-state index contributed by atoms with van der Waals surface area (Å²) in [6.45, 7) is 0.466. The van der Waals surface area contributed by atoms with Crippen LogP contribution < -0.4 is 5.32 Å². The fraction of sp³-hybridized carbons (Fsp3) is 0.0476. The average Bonchev–Trinajstić information content (AvgIpc) is 3.05. The second-order valence-corrected chi connectivity index (χ2v) is 7.08. The quantitative estimate of drug-likeness (QED) is 0.460. The van der Waals surface area contributed by atoms with Crippen LogP contribution in [0.15, 0.2) is 67.1 Å². The summed E-state index contributed by atoms with van der Waals surface area (Å²) in [6, 6.07) is 14.2. The average molecular weight is 414 g/mol. The lowest BCUT2D eigenvalue weighted by atomic mass is 10.1. The smallest absolute Gasteiger partial charge is 0.257 e. The molecule has 140 valence electrons. The molecule has 4 rings (SSSR count). The largest absolute Gasteiger partial charge is 0.342 e. The van der Waals surface area contributed by atoms with Crippen molar-refractivity contribution in [1.29, 1.82) is 0 Å². The number of hydrogen-bond donors (Lipinski definition) is 1. The first-order valence-corrected chi connectivity index (χ1v) is 9.21. The molecular weight excluding hydrogens is 400 g/mol. The number of anilines is 1. The fourth-order valence-electron chi connectivity index (χ4n) is 3.06. The molecular formula is C21H14Cl2FN3O. The maximum atomic E-state index is 13.8. The number of benzene rings is 2. The van der Waals surface area contributed by atoms with Crippen molar-refractivity contribution in [1.82, 2.24) is 9.55 Å². The lowest BCUT2D eigenvalue weighted by molar-refractivity contribution is 0.102. The molecule has 28 heavy (non-hydrogen) atoms. The van der Waals surface area contributed by atoms with E-state index in [2.05, 4.69) is 10.3 Å². The van der Waals surface area contributed by atoms with Crippen LogP contribution in [0.5, 0.6) is 0 Å². The van der Waals surface area contributed by atoms with Gasteiger partial charge in [-0.15, -0.1) is 0 Å². The van der Waals surface area contributed by atoms with Crippen LogP contribution >= 0.6 is 23.2 Å². The number of aromatic nitrogens is 2. The number of halogens is 3. The lowest BCUT2D eigenvalue weighted by Gasteiger charge is -2.08. The Bertz CT molecular complexity index is 1190. The Morgan fingerprint density at radius 3 is 2.75 bits per heavy atom. The summed E-state index contributed by atoms with van der Waals surface area (Å²) in [5.74, 6) is -0.991. The molecule has 2 heterocycles. The summed E-state index contributed by atoms with van der Waals surface area (Å²) in [4.78, 5) is 16.5. The molecule has 0 unspecified atom stereocenters. The number of carbonyl (C=O) groups is 1. The third-order valence-electron chi connectivity index (χ3n) is 4.41. The van der Waals surface area contributed by atoms with Crippen LogP contribution in [0.4, 0.5) is 10.1 Å². The van der Waals surface area contributed by atoms with Crippen LogP contribution in [-0.4, -0.2) is 15.5 Å². The van der Waals surface area contributed by atoms with E-state index < -0.39 is 11.7 Å². The zero-order valence-corrected chi connectivity index (χ0v) is 16.0. The number of nitrogens with one attached hydrogen (secondary N) is 1. The van der Waals surface area contributed by atoms with E-state index in [9.17, 15) is 9.18 Å². The minimum atomic E-state index is -0.590. The monoisotopic (exact) mass is 413 g/mol. The fourth-order valence-corrected chi connectivity index (χ4v) is 3.53. The van der Waals surface area contributed by atoms with E-state index in [-0.39, 0.29) is 5.69 Å². The normalized spacial score (nSPS) is 11.0. The van der Waals surface area contributed by atoms with Gasteiger partial charge >= 0.3 is 0 Å². The molecule has 0 spiro atoms. The van der Waals surface area contributed by atoms with Gasteiger partial charge in [-0.25, -0.2) is 4.39 Å². The molecule has 2 aromatic heterocycles. The third kappa shape index (κ3) is 3.59. The van der Waals surface area contributed by atoms with Gasteiger partial charge in [-0.3, -0.25) is 9.78 Å². The molecule has 0 aliphatic carbocycles. The van der Waals surface area contributed by atoms with Gasteiger partial charge in [0.2, 0.25) is 0 Å². The van der Waals surface area contributed by atoms with Crippen molar-refractivity contribution in [2.45, 2.75) is 6.54 Å². The van der Waals surface area contributed by atoms with Gasteiger partial charge in [0, 0.05) is 39.9 Å². The van der Waals surface area contributed by atoms with E-state index in [1.807, 2.05) is 34.9 Å². The van der Waals surface area contributed by atoms with Crippen molar-refractivity contribution >= 4 is 45.7 Å². The molecule has 0 bridgehead atoms. The number of fused-ring (bicyclic) bond motifs is 1. The van der Waals surface area contributed by atoms with E-state index in [4.69, 9.17) is 23.2 Å². The molecule has 0 saturated carbocycles. The molecule has 0 atom stereocenters. The molecule has 0 fully saturated rings. The van der Waals surface area contributed by atoms with Gasteiger partial charge in [0.05, 0.1) is 17.4 Å². The molecule has 1 N–H and O–H groups in total. The van der Waals surface area contributed by atoms with Gasteiger partial charge in [0.1, 0.15) is 0 Å². The first-order chi connectivity index (χ1) is 13.5. The summed E-state index contributed by atoms with van der Waals surface area (Å²) >= 11 is 12.3. The Hall–Kier alpha value is -2.89. The van der Waals surface area contributed by atoms with Crippen LogP contribution in [0.25, 0.3) is 10.9 Å². The van der Waals surface area contributed by atoms with Crippen molar-refractivity contribution in [2.75, 3.05) is 5.32 Å². The van der Waals surface area contributed by atoms with Gasteiger partial charge < -0.3 is 9.88 Å². The summed E-state index contributed by atoms with van der Waals surface area (Å²) in [5, 5.41) is 4.48. The van der Waals surface area contributed by atoms with E-state index in [1.165, 1.54) is 12.3 Å². The SMILES string of the molecule is O=C(Nc1ccncc1F)c1cn(Cc2ccc(Cl)cc2Cl)c2ccccc12. The number of nitrogens with zero attached hydrogens (tertiary/aromatic N) is 2. The Kier molecular flexibility index (Phi) is 5.03. The zero-order valence-electron chi connectivity index (χ0n) is 14.5. The predicted molar refractivity (Wildman–Crippen MR) is 110 cm³/mol. The molecule has 0 radical (unpaired) electrons. The summed E-state index contributed by atoms with van der Waals surface area (Å²) in [5.41, 5.74) is 2.27. The van der Waals surface area contributed by atoms with Gasteiger partial charge in [-0.05, 0) is 29.8 Å². The molecule has 7 heteroatoms. The Morgan fingerprint density at radius 1 is 1.14 bits per heavy atom. The number of amides is 1. The summed E-state index contributed by atoms with van der Waals surface area (Å²) < 4.78 is 15.8. The molecule has 0 aliphatic rings. The topological polar surface area (TPSA) is 46.9 Å². The van der Waals surface area contributed by atoms with E-state index in [1.54, 1.807) is 18.3 Å². The van der Waals surface area contributed by atoms with E-state index in [0.29, 0.717) is 22.2 Å². The predicted octanol–water partition coefficient (Wildman–Crippen LogP) is 5.78. The minimum absolute atomic E-state index is 0.0811. The molecule has 2 aromatic carbocycles. The van der Waals surface area contributed by atoms with E-state index >= 15 is 0 Å². The Labute approximate surface area is 170 Å². The molecule has 0 saturated heterocycles. The van der Waals surface area contributed by atoms with Gasteiger partial charge in [-0.2, -0.15) is 0 Å². The summed E-state index contributed by atoms with van der Waals surface area (Å²) in [7, 11) is 0. The van der Waals surface area contributed by atoms with Crippen LogP contribution in [0, 0.1) is 5.82 Å². The first-order valence-electron chi connectivity index (χ1n) is 8.45. The zero-order chi connectivity index (χ0) is 19.7. The highest BCUT2D eigenvalue weighted by atomic mass is 35.5. The van der Waals surface area contributed by atoms with Crippen molar-refractivity contribution in [3.8, 4) is 0 Å². The highest BCUT2D eigenvalue weighted by Gasteiger charge is 2.17. The molecule has 0 aliphatic heterocycles. The number of hydrogen-bond acceptors (Lipinski definition) is 2. The standard InChI is InChI=1S/C21H14Cl2FN3O/c22-14-6-5-13(17(23)9-14)11-27-12-16(15-3-1-2-4-20(15)27)21(28)26-19-7-8-25-10-18(19)24/h1-10,12H,11H2,(H,25,26,28). The Balaban J connectivity index is 1.72. The second-order valence-electron chi connectivity index (χ2n) is 6.23. The molecule has 4 aromatic rings. The van der Waals surface area contributed by atoms with Gasteiger partial charge in [-0.1, -0.05) is 47.5 Å². The highest BCUT2D eigenvalue weighted by Crippen LogP contribution is 2.27. The van der Waals surface area contributed by atoms with Gasteiger partial charge in [0.25, 0.3) is 5.91 Å². The van der Waals surface area contributed by atoms with Crippen molar-refractivity contribution < 1.29 is 9.18 Å². The molecule has 4 nitrogen and oxygen atoms in total. The maximum absolute atomic E-state index is 13.8. The number of para-hydroxylation sites is 1. The molecule has 1 amide bonds. The Morgan fingerprint density at radius 2 is 1.96 bits per heavy atom.